The van der Waals surface area contributed by atoms with E-state index in [4.69, 9.17) is 9.47 Å². The van der Waals surface area contributed by atoms with Gasteiger partial charge in [-0.25, -0.2) is 4.68 Å². The molecular weight excluding hydrogens is 300 g/mol. The number of rotatable bonds is 7. The predicted molar refractivity (Wildman–Crippen MR) is 84.2 cm³/mol. The van der Waals surface area contributed by atoms with E-state index in [9.17, 15) is 0 Å². The van der Waals surface area contributed by atoms with Crippen LogP contribution in [0.1, 0.15) is 18.4 Å². The van der Waals surface area contributed by atoms with E-state index < -0.39 is 0 Å². The number of nitrogens with zero attached hydrogens (tertiary/aromatic N) is 4. The SMILES string of the molecule is Cc1ccccc1OCCSc1nnnn1CC1CCCO1. The van der Waals surface area contributed by atoms with Gasteiger partial charge >= 0.3 is 0 Å². The minimum Gasteiger partial charge on any atom is -0.492 e. The first-order valence-corrected chi connectivity index (χ1v) is 8.50. The highest BCUT2D eigenvalue weighted by Gasteiger charge is 2.18. The molecule has 118 valence electrons. The summed E-state index contributed by atoms with van der Waals surface area (Å²) < 4.78 is 13.2. The standard InChI is InChI=1S/C15H20N4O2S/c1-12-5-2-3-7-14(12)21-9-10-22-15-16-17-18-19(15)11-13-6-4-8-20-13/h2-3,5,7,13H,4,6,8-11H2,1H3. The van der Waals surface area contributed by atoms with E-state index in [1.165, 1.54) is 0 Å². The molecule has 7 heteroatoms. The first-order chi connectivity index (χ1) is 10.8. The van der Waals surface area contributed by atoms with Gasteiger partial charge in [0.05, 0.1) is 19.3 Å². The summed E-state index contributed by atoms with van der Waals surface area (Å²) in [6.07, 6.45) is 2.45. The Hall–Kier alpha value is -1.60. The first kappa shape index (κ1) is 15.3. The molecule has 0 N–H and O–H groups in total. The first-order valence-electron chi connectivity index (χ1n) is 7.52. The van der Waals surface area contributed by atoms with E-state index in [-0.39, 0.29) is 6.10 Å². The molecule has 1 atom stereocenters. The smallest absolute Gasteiger partial charge is 0.209 e. The molecule has 0 aliphatic carbocycles. The van der Waals surface area contributed by atoms with Gasteiger partial charge in [0, 0.05) is 12.4 Å². The van der Waals surface area contributed by atoms with Crippen LogP contribution in [0, 0.1) is 6.92 Å². The van der Waals surface area contributed by atoms with E-state index in [0.717, 1.165) is 48.2 Å². The Kier molecular flexibility index (Phi) is 5.29. The van der Waals surface area contributed by atoms with E-state index in [2.05, 4.69) is 15.5 Å². The monoisotopic (exact) mass is 320 g/mol. The van der Waals surface area contributed by atoms with E-state index in [1.54, 1.807) is 11.8 Å². The Bertz CT molecular complexity index is 599. The van der Waals surface area contributed by atoms with Gasteiger partial charge in [0.2, 0.25) is 5.16 Å². The molecule has 0 saturated carbocycles. The normalized spacial score (nSPS) is 17.8. The molecule has 0 radical (unpaired) electrons. The van der Waals surface area contributed by atoms with Crippen LogP contribution < -0.4 is 4.74 Å². The molecule has 2 heterocycles. The van der Waals surface area contributed by atoms with Crippen molar-refractivity contribution in [1.29, 1.82) is 0 Å². The maximum atomic E-state index is 5.79. The van der Waals surface area contributed by atoms with Gasteiger partial charge in [0.25, 0.3) is 0 Å². The maximum Gasteiger partial charge on any atom is 0.209 e. The molecule has 0 amide bonds. The molecule has 2 aromatic rings. The Morgan fingerprint density at radius 3 is 3.14 bits per heavy atom. The van der Waals surface area contributed by atoms with Gasteiger partial charge in [0.1, 0.15) is 5.75 Å². The zero-order valence-electron chi connectivity index (χ0n) is 12.6. The Morgan fingerprint density at radius 2 is 2.32 bits per heavy atom. The van der Waals surface area contributed by atoms with Gasteiger partial charge in [-0.2, -0.15) is 0 Å². The van der Waals surface area contributed by atoms with Crippen LogP contribution in [0.4, 0.5) is 0 Å². The summed E-state index contributed by atoms with van der Waals surface area (Å²) in [6.45, 7) is 4.25. The molecule has 0 spiro atoms. The van der Waals surface area contributed by atoms with Gasteiger partial charge in [0.15, 0.2) is 0 Å². The van der Waals surface area contributed by atoms with Crippen LogP contribution in [0.5, 0.6) is 5.75 Å². The highest BCUT2D eigenvalue weighted by Crippen LogP contribution is 2.20. The summed E-state index contributed by atoms with van der Waals surface area (Å²) in [6, 6.07) is 8.03. The summed E-state index contributed by atoms with van der Waals surface area (Å²) >= 11 is 1.61. The van der Waals surface area contributed by atoms with Crippen molar-refractivity contribution in [2.45, 2.75) is 37.6 Å². The number of para-hydroxylation sites is 1. The zero-order valence-corrected chi connectivity index (χ0v) is 13.5. The van der Waals surface area contributed by atoms with Gasteiger partial charge in [-0.1, -0.05) is 30.0 Å². The molecule has 1 aliphatic rings. The fourth-order valence-electron chi connectivity index (χ4n) is 2.40. The average Bonchev–Trinajstić information content (AvgIpc) is 3.18. The van der Waals surface area contributed by atoms with Gasteiger partial charge in [-0.05, 0) is 41.8 Å². The number of hydrogen-bond donors (Lipinski definition) is 0. The molecule has 1 unspecified atom stereocenters. The third-order valence-electron chi connectivity index (χ3n) is 3.57. The lowest BCUT2D eigenvalue weighted by Crippen LogP contribution is -2.17. The number of benzene rings is 1. The number of aryl methyl sites for hydroxylation is 1. The number of ether oxygens (including phenoxy) is 2. The van der Waals surface area contributed by atoms with Crippen molar-refractivity contribution in [3.63, 3.8) is 0 Å². The van der Waals surface area contributed by atoms with Crippen molar-refractivity contribution in [2.75, 3.05) is 19.0 Å². The van der Waals surface area contributed by atoms with Crippen LogP contribution >= 0.6 is 11.8 Å². The molecule has 1 aromatic carbocycles. The molecule has 6 nitrogen and oxygen atoms in total. The molecular formula is C15H20N4O2S. The molecule has 1 aliphatic heterocycles. The third kappa shape index (κ3) is 3.98. The average molecular weight is 320 g/mol. The minimum absolute atomic E-state index is 0.242. The van der Waals surface area contributed by atoms with E-state index >= 15 is 0 Å². The van der Waals surface area contributed by atoms with Gasteiger partial charge < -0.3 is 9.47 Å². The highest BCUT2D eigenvalue weighted by molar-refractivity contribution is 7.99. The van der Waals surface area contributed by atoms with Crippen LogP contribution in [0.15, 0.2) is 29.4 Å². The molecule has 0 bridgehead atoms. The predicted octanol–water partition coefficient (Wildman–Crippen LogP) is 2.33. The van der Waals surface area contributed by atoms with Crippen molar-refractivity contribution in [2.24, 2.45) is 0 Å². The topological polar surface area (TPSA) is 62.1 Å². The third-order valence-corrected chi connectivity index (χ3v) is 4.49. The highest BCUT2D eigenvalue weighted by atomic mass is 32.2. The molecule has 3 rings (SSSR count). The summed E-state index contributed by atoms with van der Waals surface area (Å²) in [5.41, 5.74) is 1.15. The number of thioether (sulfide) groups is 1. The molecule has 1 aromatic heterocycles. The zero-order chi connectivity index (χ0) is 15.2. The molecule has 1 saturated heterocycles. The molecule has 22 heavy (non-hydrogen) atoms. The van der Waals surface area contributed by atoms with Crippen molar-refractivity contribution in [3.05, 3.63) is 29.8 Å². The lowest BCUT2D eigenvalue weighted by atomic mass is 10.2. The van der Waals surface area contributed by atoms with Crippen molar-refractivity contribution < 1.29 is 9.47 Å². The molecule has 1 fully saturated rings. The largest absolute Gasteiger partial charge is 0.492 e. The van der Waals surface area contributed by atoms with E-state index in [0.29, 0.717) is 6.61 Å². The second kappa shape index (κ2) is 7.60. The maximum absolute atomic E-state index is 5.79. The summed E-state index contributed by atoms with van der Waals surface area (Å²) in [7, 11) is 0. The summed E-state index contributed by atoms with van der Waals surface area (Å²) in [5, 5.41) is 12.7. The lowest BCUT2D eigenvalue weighted by molar-refractivity contribution is 0.0912. The summed E-state index contributed by atoms with van der Waals surface area (Å²) in [5.74, 6) is 1.74. The second-order valence-corrected chi connectivity index (χ2v) is 6.30. The van der Waals surface area contributed by atoms with Crippen LogP contribution in [0.2, 0.25) is 0 Å². The lowest BCUT2D eigenvalue weighted by Gasteiger charge is -2.10. The van der Waals surface area contributed by atoms with Crippen LogP contribution in [-0.4, -0.2) is 45.3 Å². The minimum atomic E-state index is 0.242. The fraction of sp³-hybridized carbons (Fsp3) is 0.533. The van der Waals surface area contributed by atoms with E-state index in [1.807, 2.05) is 35.9 Å². The Labute approximate surface area is 134 Å². The number of tetrazole rings is 1. The fourth-order valence-corrected chi connectivity index (χ4v) is 3.10. The Morgan fingerprint density at radius 1 is 1.41 bits per heavy atom. The van der Waals surface area contributed by atoms with Crippen LogP contribution in [0.3, 0.4) is 0 Å². The van der Waals surface area contributed by atoms with Crippen molar-refractivity contribution in [3.8, 4) is 5.75 Å². The Balaban J connectivity index is 1.46. The van der Waals surface area contributed by atoms with Gasteiger partial charge in [-0.15, -0.1) is 5.10 Å². The number of aromatic nitrogens is 4. The quantitative estimate of drug-likeness (QED) is 0.576. The second-order valence-electron chi connectivity index (χ2n) is 5.24. The summed E-state index contributed by atoms with van der Waals surface area (Å²) in [4.78, 5) is 0. The van der Waals surface area contributed by atoms with Gasteiger partial charge in [-0.3, -0.25) is 0 Å². The van der Waals surface area contributed by atoms with Crippen LogP contribution in [-0.2, 0) is 11.3 Å². The van der Waals surface area contributed by atoms with Crippen LogP contribution in [0.25, 0.3) is 0 Å². The van der Waals surface area contributed by atoms with Crippen molar-refractivity contribution in [1.82, 2.24) is 20.2 Å². The number of hydrogen-bond acceptors (Lipinski definition) is 6. The van der Waals surface area contributed by atoms with Crippen molar-refractivity contribution >= 4 is 11.8 Å².